The highest BCUT2D eigenvalue weighted by molar-refractivity contribution is 6.76. The van der Waals surface area contributed by atoms with E-state index < -0.39 is 51.2 Å². The zero-order valence-electron chi connectivity index (χ0n) is 24.7. The second-order valence-electron chi connectivity index (χ2n) is 10.9. The highest BCUT2D eigenvalue weighted by Crippen LogP contribution is 2.35. The van der Waals surface area contributed by atoms with Gasteiger partial charge in [0.25, 0.3) is 3.79 Å². The summed E-state index contributed by atoms with van der Waals surface area (Å²) >= 11 is 24.2. The van der Waals surface area contributed by atoms with Crippen molar-refractivity contribution >= 4 is 58.3 Å². The lowest BCUT2D eigenvalue weighted by Gasteiger charge is -2.45. The number of rotatable bonds is 13. The van der Waals surface area contributed by atoms with Crippen molar-refractivity contribution in [2.24, 2.45) is 0 Å². The van der Waals surface area contributed by atoms with Gasteiger partial charge in [0, 0.05) is 0 Å². The molecule has 1 N–H and O–H groups in total. The molecule has 1 heterocycles. The molecule has 45 heavy (non-hydrogen) atoms. The van der Waals surface area contributed by atoms with Gasteiger partial charge in [0.1, 0.15) is 23.2 Å². The molecule has 0 bridgehead atoms. The summed E-state index contributed by atoms with van der Waals surface area (Å²) in [4.78, 5) is 11.7. The van der Waals surface area contributed by atoms with Crippen molar-refractivity contribution in [3.05, 3.63) is 108 Å². The number of carbonyl (C=O) groups excluding carboxylic acids is 1. The predicted octanol–water partition coefficient (Wildman–Crippen LogP) is 7.39. The van der Waals surface area contributed by atoms with Crippen molar-refractivity contribution in [1.82, 2.24) is 0 Å². The molecule has 242 valence electrons. The monoisotopic (exact) mass is 697 g/mol. The molecule has 4 rings (SSSR count). The number of benzene rings is 3. The minimum absolute atomic E-state index is 0.0299. The van der Waals surface area contributed by atoms with Crippen LogP contribution in [0.4, 0.5) is 0 Å². The van der Waals surface area contributed by atoms with E-state index in [-0.39, 0.29) is 26.4 Å². The predicted molar refractivity (Wildman–Crippen MR) is 174 cm³/mol. The smallest absolute Gasteiger partial charge is 0.327 e. The van der Waals surface area contributed by atoms with Crippen LogP contribution in [0.15, 0.2) is 91.0 Å². The quantitative estimate of drug-likeness (QED) is 0.0861. The number of ether oxygens (including phenoxy) is 6. The Balaban J connectivity index is 1.70. The van der Waals surface area contributed by atoms with Crippen molar-refractivity contribution in [1.29, 1.82) is 5.41 Å². The average molecular weight is 699 g/mol. The first kappa shape index (κ1) is 35.5. The lowest BCUT2D eigenvalue weighted by molar-refractivity contribution is -0.306. The SMILES string of the molecule is CC(C)(Cl)C(=O)O[C@H]1C(OC(=N)C(Cl)(Cl)Cl)O[C@H](COCc2ccccc2)[C@@H](OCc2ccccc2)[C@@H]1OCc1ccccc1. The maximum Gasteiger partial charge on any atom is 0.327 e. The van der Waals surface area contributed by atoms with E-state index >= 15 is 0 Å². The second kappa shape index (κ2) is 16.4. The lowest BCUT2D eigenvalue weighted by Crippen LogP contribution is -2.63. The first-order chi connectivity index (χ1) is 21.4. The molecule has 0 spiro atoms. The first-order valence-electron chi connectivity index (χ1n) is 14.2. The average Bonchev–Trinajstić information content (AvgIpc) is 3.01. The summed E-state index contributed by atoms with van der Waals surface area (Å²) < 4.78 is 34.7. The van der Waals surface area contributed by atoms with Gasteiger partial charge in [0.05, 0.1) is 26.4 Å². The van der Waals surface area contributed by atoms with Gasteiger partial charge in [-0.1, -0.05) is 126 Å². The van der Waals surface area contributed by atoms with Gasteiger partial charge < -0.3 is 28.4 Å². The molecule has 0 saturated carbocycles. The van der Waals surface area contributed by atoms with Crippen molar-refractivity contribution in [2.45, 2.75) is 73.0 Å². The minimum atomic E-state index is -2.22. The van der Waals surface area contributed by atoms with E-state index in [9.17, 15) is 4.79 Å². The van der Waals surface area contributed by atoms with Crippen LogP contribution in [0, 0.1) is 5.41 Å². The number of alkyl halides is 4. The van der Waals surface area contributed by atoms with Crippen molar-refractivity contribution in [3.63, 3.8) is 0 Å². The van der Waals surface area contributed by atoms with Gasteiger partial charge in [-0.15, -0.1) is 11.6 Å². The maximum atomic E-state index is 13.2. The number of hydrogen-bond acceptors (Lipinski definition) is 8. The molecule has 0 aromatic heterocycles. The molecule has 1 aliphatic rings. The molecule has 1 saturated heterocycles. The van der Waals surface area contributed by atoms with Crippen LogP contribution >= 0.6 is 46.4 Å². The third-order valence-electron chi connectivity index (χ3n) is 6.78. The summed E-state index contributed by atoms with van der Waals surface area (Å²) in [6, 6.07) is 28.6. The topological polar surface area (TPSA) is 96.3 Å². The van der Waals surface area contributed by atoms with Gasteiger partial charge in [0.2, 0.25) is 12.2 Å². The van der Waals surface area contributed by atoms with Gasteiger partial charge in [-0.25, -0.2) is 0 Å². The first-order valence-corrected chi connectivity index (χ1v) is 15.7. The molecular weight excluding hydrogens is 664 g/mol. The fourth-order valence-electron chi connectivity index (χ4n) is 4.47. The number of nitrogens with one attached hydrogen (secondary N) is 1. The molecule has 5 atom stereocenters. The van der Waals surface area contributed by atoms with E-state index in [2.05, 4.69) is 0 Å². The summed E-state index contributed by atoms with van der Waals surface area (Å²) in [7, 11) is 0. The van der Waals surface area contributed by atoms with E-state index in [1.165, 1.54) is 13.8 Å². The van der Waals surface area contributed by atoms with Crippen LogP contribution in [0.5, 0.6) is 0 Å². The van der Waals surface area contributed by atoms with E-state index in [0.717, 1.165) is 16.7 Å². The number of esters is 1. The summed E-state index contributed by atoms with van der Waals surface area (Å²) in [5.41, 5.74) is 2.71. The molecule has 1 aliphatic heterocycles. The Morgan fingerprint density at radius 3 is 1.64 bits per heavy atom. The minimum Gasteiger partial charge on any atom is -0.451 e. The maximum absolute atomic E-state index is 13.2. The van der Waals surface area contributed by atoms with Crippen molar-refractivity contribution < 1.29 is 33.2 Å². The van der Waals surface area contributed by atoms with Gasteiger partial charge in [-0.3, -0.25) is 10.2 Å². The summed E-state index contributed by atoms with van der Waals surface area (Å²) in [5, 5.41) is 8.27. The number of carbonyl (C=O) groups is 1. The van der Waals surface area contributed by atoms with Gasteiger partial charge in [0.15, 0.2) is 6.10 Å². The molecule has 0 aliphatic carbocycles. The molecule has 12 heteroatoms. The molecule has 1 unspecified atom stereocenters. The van der Waals surface area contributed by atoms with Gasteiger partial charge in [-0.05, 0) is 30.5 Å². The van der Waals surface area contributed by atoms with Gasteiger partial charge >= 0.3 is 5.97 Å². The van der Waals surface area contributed by atoms with E-state index in [4.69, 9.17) is 80.2 Å². The van der Waals surface area contributed by atoms with Crippen LogP contribution in [0.1, 0.15) is 30.5 Å². The standard InChI is InChI=1S/C33H35Cl4NO7/c1-32(2,34)31(39)44-28-27(42-20-24-16-10-5-11-17-24)26(41-19-23-14-8-4-9-15-23)25(21-40-18-22-12-6-3-7-13-22)43-29(28)45-30(38)33(35,36)37/h3-17,25-29,38H,18-21H2,1-2H3/t25-,26-,27+,28-,29?/m1/s1. The molecule has 1 fully saturated rings. The third kappa shape index (κ3) is 10.8. The molecule has 0 amide bonds. The highest BCUT2D eigenvalue weighted by Gasteiger charge is 2.53. The molecule has 3 aromatic rings. The summed E-state index contributed by atoms with van der Waals surface area (Å²) in [6.45, 7) is 3.61. The highest BCUT2D eigenvalue weighted by atomic mass is 35.6. The molecule has 3 aromatic carbocycles. The van der Waals surface area contributed by atoms with Crippen LogP contribution in [0.2, 0.25) is 0 Å². The van der Waals surface area contributed by atoms with Crippen LogP contribution in [0.3, 0.4) is 0 Å². The Hall–Kier alpha value is -2.40. The van der Waals surface area contributed by atoms with Crippen molar-refractivity contribution in [3.8, 4) is 0 Å². The van der Waals surface area contributed by atoms with E-state index in [0.29, 0.717) is 0 Å². The molecule has 8 nitrogen and oxygen atoms in total. The Labute approximate surface area is 283 Å². The Morgan fingerprint density at radius 2 is 1.18 bits per heavy atom. The Kier molecular flexibility index (Phi) is 12.9. The summed E-state index contributed by atoms with van der Waals surface area (Å²) in [6.07, 6.45) is -5.41. The lowest BCUT2D eigenvalue weighted by atomic mass is 9.97. The normalized spacial score (nSPS) is 22.0. The summed E-state index contributed by atoms with van der Waals surface area (Å²) in [5.74, 6) is -1.52. The van der Waals surface area contributed by atoms with Crippen LogP contribution in [0.25, 0.3) is 0 Å². The molecular formula is C33H35Cl4NO7. The largest absolute Gasteiger partial charge is 0.451 e. The zero-order chi connectivity index (χ0) is 32.5. The zero-order valence-corrected chi connectivity index (χ0v) is 27.8. The van der Waals surface area contributed by atoms with Crippen molar-refractivity contribution in [2.75, 3.05) is 6.61 Å². The van der Waals surface area contributed by atoms with E-state index in [1.54, 1.807) is 0 Å². The molecule has 0 radical (unpaired) electrons. The Morgan fingerprint density at radius 1 is 0.711 bits per heavy atom. The van der Waals surface area contributed by atoms with Gasteiger partial charge in [-0.2, -0.15) is 0 Å². The van der Waals surface area contributed by atoms with Crippen LogP contribution in [-0.2, 0) is 53.0 Å². The van der Waals surface area contributed by atoms with Crippen LogP contribution in [-0.4, -0.2) is 57.8 Å². The van der Waals surface area contributed by atoms with E-state index in [1.807, 2.05) is 91.0 Å². The van der Waals surface area contributed by atoms with Crippen LogP contribution < -0.4 is 0 Å². The third-order valence-corrected chi connectivity index (χ3v) is 7.44. The fourth-order valence-corrected chi connectivity index (χ4v) is 4.65. The fraction of sp³-hybridized carbons (Fsp3) is 0.394. The number of halogens is 4. The number of hydrogen-bond donors (Lipinski definition) is 1. The second-order valence-corrected chi connectivity index (χ2v) is 14.1. The Bertz CT molecular complexity index is 1350.